The number of pyridine rings is 1. The van der Waals surface area contributed by atoms with Crippen LogP contribution in [0.1, 0.15) is 90.0 Å². The van der Waals surface area contributed by atoms with Gasteiger partial charge in [0.15, 0.2) is 0 Å². The van der Waals surface area contributed by atoms with Gasteiger partial charge in [0, 0.05) is 73.9 Å². The van der Waals surface area contributed by atoms with Crippen molar-refractivity contribution in [3.05, 3.63) is 83.7 Å². The lowest BCUT2D eigenvalue weighted by Gasteiger charge is -2.37. The lowest BCUT2D eigenvalue weighted by atomic mass is 9.83. The smallest absolute Gasteiger partial charge is 0.324 e. The number of cyclic esters (lactones) is 1. The molecule has 2 aromatic heterocycles. The summed E-state index contributed by atoms with van der Waals surface area (Å²) in [6, 6.07) is 8.71. The van der Waals surface area contributed by atoms with Gasteiger partial charge in [-0.15, -0.1) is 0 Å². The molecule has 14 nitrogen and oxygen atoms in total. The molecule has 0 radical (unpaired) electrons. The molecular weight excluding hydrogens is 835 g/mol. The normalized spacial score (nSPS) is 20.5. The number of likely N-dealkylation sites (tertiary alicyclic amines) is 1. The number of hydrogen-bond acceptors (Lipinski definition) is 9. The molecule has 7 rings (SSSR count). The number of esters is 1. The van der Waals surface area contributed by atoms with Gasteiger partial charge in [0.05, 0.1) is 18.2 Å². The Balaban J connectivity index is 1.32. The number of fused-ring (bicyclic) bond motifs is 6. The zero-order valence-electron chi connectivity index (χ0n) is 39.9. The number of aromatic hydroxyl groups is 1. The standard InChI is InChI=1S/C52H67N7O7/c1-10-33-27-53-28-34(11-2)45(33)47-40-26-52(7,8)30-66-51(65)41-15-14-19-59(55-41)50(64)42(23-32-21-37(24-38(60)22-32)35-16-17-43(39(40)25-35)58(47)13-4)54-48(62)46(31(5)6)56(9)49(63)36-18-20-57(29-36)44(61)12-3/h12,16-17,21-22,24-25,27-28,31,36,41-42,46,55,60H,3,10-11,13-15,18-20,23,26,29-30H2,1-2,4-9H3,(H,54,62)/t36-,41-,42-,46-/m0/s1. The molecule has 14 heteroatoms. The van der Waals surface area contributed by atoms with Crippen LogP contribution in [0.2, 0.25) is 0 Å². The Kier molecular flexibility index (Phi) is 14.4. The fourth-order valence-corrected chi connectivity index (χ4v) is 10.3. The molecule has 0 unspecified atom stereocenters. The third-order valence-corrected chi connectivity index (χ3v) is 13.6. The first-order chi connectivity index (χ1) is 31.5. The largest absolute Gasteiger partial charge is 0.508 e. The lowest BCUT2D eigenvalue weighted by molar-refractivity contribution is -0.155. The van der Waals surface area contributed by atoms with Crippen molar-refractivity contribution in [1.29, 1.82) is 0 Å². The number of amides is 4. The van der Waals surface area contributed by atoms with E-state index in [1.165, 1.54) is 21.5 Å². The molecule has 4 atom stereocenters. The predicted octanol–water partition coefficient (Wildman–Crippen LogP) is 6.39. The number of phenolic OH excluding ortho intramolecular Hbond substituents is 1. The van der Waals surface area contributed by atoms with E-state index in [1.54, 1.807) is 24.1 Å². The maximum absolute atomic E-state index is 14.7. The molecule has 6 bridgehead atoms. The predicted molar refractivity (Wildman–Crippen MR) is 255 cm³/mol. The second-order valence-corrected chi connectivity index (χ2v) is 19.4. The van der Waals surface area contributed by atoms with Gasteiger partial charge in [-0.2, -0.15) is 0 Å². The Labute approximate surface area is 388 Å². The van der Waals surface area contributed by atoms with Gasteiger partial charge in [0.1, 0.15) is 23.9 Å². The van der Waals surface area contributed by atoms with Crippen molar-refractivity contribution in [2.75, 3.05) is 33.3 Å². The molecule has 4 amide bonds. The Morgan fingerprint density at radius 2 is 1.76 bits per heavy atom. The monoisotopic (exact) mass is 902 g/mol. The number of aromatic nitrogens is 2. The summed E-state index contributed by atoms with van der Waals surface area (Å²) in [6.07, 6.45) is 8.80. The number of likely N-dealkylation sites (N-methyl/N-ethyl adjacent to an activating group) is 1. The third kappa shape index (κ3) is 9.75. The summed E-state index contributed by atoms with van der Waals surface area (Å²) in [5, 5.41) is 16.8. The Morgan fingerprint density at radius 1 is 1.03 bits per heavy atom. The summed E-state index contributed by atoms with van der Waals surface area (Å²) >= 11 is 0. The molecule has 0 saturated carbocycles. The minimum atomic E-state index is -1.15. The second-order valence-electron chi connectivity index (χ2n) is 19.4. The highest BCUT2D eigenvalue weighted by atomic mass is 16.5. The molecular formula is C52H67N7O7. The highest BCUT2D eigenvalue weighted by Gasteiger charge is 2.40. The molecule has 2 saturated heterocycles. The number of carbonyl (C=O) groups is 5. The molecule has 0 spiro atoms. The first kappa shape index (κ1) is 47.9. The van der Waals surface area contributed by atoms with Gasteiger partial charge < -0.3 is 29.5 Å². The Hall–Kier alpha value is -6.02. The fourth-order valence-electron chi connectivity index (χ4n) is 10.3. The number of ether oxygens (including phenoxy) is 1. The van der Waals surface area contributed by atoms with E-state index in [9.17, 15) is 29.1 Å². The van der Waals surface area contributed by atoms with Gasteiger partial charge in [-0.25, -0.2) is 5.43 Å². The molecule has 3 N–H and O–H groups in total. The first-order valence-corrected chi connectivity index (χ1v) is 23.7. The van der Waals surface area contributed by atoms with E-state index in [1.807, 2.05) is 32.3 Å². The Bertz CT molecular complexity index is 2500. The number of nitrogens with one attached hydrogen (secondary N) is 2. The minimum Gasteiger partial charge on any atom is -0.508 e. The van der Waals surface area contributed by atoms with Gasteiger partial charge in [-0.05, 0) is 115 Å². The molecule has 3 aliphatic heterocycles. The van der Waals surface area contributed by atoms with Crippen LogP contribution in [-0.4, -0.2) is 110 Å². The SMILES string of the molecule is C=CC(=O)N1CC[C@H](C(=O)N(C)[C@H](C(=O)N[C@H]2Cc3cc(O)cc(c3)-c3ccc4c(c3)c(c(-c3c(CC)cncc3CC)n4CC)CC(C)(C)COC(=O)[C@@H]3CCCN(N3)C2=O)C(C)C)C1. The van der Waals surface area contributed by atoms with Crippen molar-refractivity contribution >= 4 is 40.5 Å². The molecule has 4 aromatic rings. The summed E-state index contributed by atoms with van der Waals surface area (Å²) < 4.78 is 8.51. The van der Waals surface area contributed by atoms with Crippen LogP contribution in [-0.2, 0) is 60.9 Å². The van der Waals surface area contributed by atoms with Gasteiger partial charge in [0.25, 0.3) is 5.91 Å². The van der Waals surface area contributed by atoms with Gasteiger partial charge >= 0.3 is 5.97 Å². The van der Waals surface area contributed by atoms with Crippen LogP contribution in [0.25, 0.3) is 33.3 Å². The highest BCUT2D eigenvalue weighted by Crippen LogP contribution is 2.43. The average Bonchev–Trinajstić information content (AvgIpc) is 3.91. The maximum Gasteiger partial charge on any atom is 0.324 e. The lowest BCUT2D eigenvalue weighted by Crippen LogP contribution is -2.62. The van der Waals surface area contributed by atoms with Crippen molar-refractivity contribution in [3.8, 4) is 28.1 Å². The van der Waals surface area contributed by atoms with Crippen molar-refractivity contribution in [3.63, 3.8) is 0 Å². The van der Waals surface area contributed by atoms with Crippen molar-refractivity contribution < 1.29 is 33.8 Å². The van der Waals surface area contributed by atoms with Crippen LogP contribution in [0.3, 0.4) is 0 Å². The maximum atomic E-state index is 14.7. The summed E-state index contributed by atoms with van der Waals surface area (Å²) in [5.74, 6) is -2.79. The van der Waals surface area contributed by atoms with Gasteiger partial charge in [-0.1, -0.05) is 60.3 Å². The number of hydrogen-bond donors (Lipinski definition) is 3. The molecule has 2 fully saturated rings. The topological polar surface area (TPSA) is 166 Å². The fraction of sp³-hybridized carbons (Fsp3) is 0.500. The van der Waals surface area contributed by atoms with E-state index >= 15 is 0 Å². The van der Waals surface area contributed by atoms with Crippen LogP contribution < -0.4 is 10.7 Å². The molecule has 352 valence electrons. The van der Waals surface area contributed by atoms with Crippen molar-refractivity contribution in [2.24, 2.45) is 17.3 Å². The summed E-state index contributed by atoms with van der Waals surface area (Å²) in [4.78, 5) is 77.1. The van der Waals surface area contributed by atoms with Crippen LogP contribution in [0.4, 0.5) is 0 Å². The molecule has 2 aromatic carbocycles. The quantitative estimate of drug-likeness (QED) is 0.121. The van der Waals surface area contributed by atoms with Crippen LogP contribution >= 0.6 is 0 Å². The highest BCUT2D eigenvalue weighted by molar-refractivity contribution is 5.97. The van der Waals surface area contributed by atoms with Gasteiger partial charge in [-0.3, -0.25) is 34.0 Å². The van der Waals surface area contributed by atoms with Crippen LogP contribution in [0.15, 0.2) is 61.4 Å². The number of hydrazine groups is 1. The van der Waals surface area contributed by atoms with E-state index in [2.05, 4.69) is 79.7 Å². The molecule has 0 aliphatic carbocycles. The molecule has 5 heterocycles. The summed E-state index contributed by atoms with van der Waals surface area (Å²) in [6.45, 7) is 19.7. The number of carbonyl (C=O) groups excluding carboxylic acids is 5. The average molecular weight is 902 g/mol. The number of aryl methyl sites for hydroxylation is 3. The van der Waals surface area contributed by atoms with Crippen molar-refractivity contribution in [2.45, 2.75) is 118 Å². The minimum absolute atomic E-state index is 0.00265. The van der Waals surface area contributed by atoms with E-state index in [4.69, 9.17) is 4.74 Å². The van der Waals surface area contributed by atoms with E-state index in [0.29, 0.717) is 44.3 Å². The first-order valence-electron chi connectivity index (χ1n) is 23.7. The second kappa shape index (κ2) is 19.8. The number of benzene rings is 2. The number of phenols is 1. The summed E-state index contributed by atoms with van der Waals surface area (Å²) in [7, 11) is 1.59. The third-order valence-electron chi connectivity index (χ3n) is 13.6. The number of nitrogens with zero attached hydrogens (tertiary/aromatic N) is 5. The van der Waals surface area contributed by atoms with E-state index in [-0.39, 0.29) is 49.6 Å². The van der Waals surface area contributed by atoms with Crippen LogP contribution in [0, 0.1) is 17.3 Å². The van der Waals surface area contributed by atoms with E-state index in [0.717, 1.165) is 57.3 Å². The van der Waals surface area contributed by atoms with Crippen molar-refractivity contribution in [1.82, 2.24) is 35.1 Å². The molecule has 3 aliphatic rings. The van der Waals surface area contributed by atoms with Gasteiger partial charge in [0.2, 0.25) is 17.7 Å². The van der Waals surface area contributed by atoms with Crippen LogP contribution in [0.5, 0.6) is 5.75 Å². The summed E-state index contributed by atoms with van der Waals surface area (Å²) in [5.41, 5.74) is 11.7. The number of rotatable bonds is 10. The molecule has 66 heavy (non-hydrogen) atoms. The Morgan fingerprint density at radius 3 is 2.42 bits per heavy atom. The zero-order valence-corrected chi connectivity index (χ0v) is 39.9. The zero-order chi connectivity index (χ0) is 47.6. The van der Waals surface area contributed by atoms with E-state index < -0.39 is 47.2 Å².